The third-order valence-electron chi connectivity index (χ3n) is 6.32. The molecule has 4 aromatic rings. The Labute approximate surface area is 179 Å². The van der Waals surface area contributed by atoms with Crippen LogP contribution in [-0.4, -0.2) is 44.2 Å². The number of benzene rings is 2. The van der Waals surface area contributed by atoms with E-state index >= 15 is 0 Å². The summed E-state index contributed by atoms with van der Waals surface area (Å²) in [4.78, 5) is 24.0. The molecule has 0 unspecified atom stereocenters. The van der Waals surface area contributed by atoms with Gasteiger partial charge in [0.05, 0.1) is 29.3 Å². The van der Waals surface area contributed by atoms with Gasteiger partial charge in [0.25, 0.3) is 0 Å². The lowest BCUT2D eigenvalue weighted by molar-refractivity contribution is 0.0231. The highest BCUT2D eigenvalue weighted by Crippen LogP contribution is 2.40. The molecule has 154 valence electrons. The first-order valence-corrected chi connectivity index (χ1v) is 10.5. The van der Waals surface area contributed by atoms with Gasteiger partial charge in [-0.05, 0) is 24.3 Å². The normalized spacial score (nSPS) is 17.5. The van der Waals surface area contributed by atoms with Gasteiger partial charge in [-0.1, -0.05) is 30.3 Å². The number of hydrogen-bond acceptors (Lipinski definition) is 6. The van der Waals surface area contributed by atoms with E-state index in [-0.39, 0.29) is 5.78 Å². The fraction of sp³-hybridized carbons (Fsp3) is 0.250. The number of hydrogen-bond donors (Lipinski definition) is 0. The molecule has 0 atom stereocenters. The fourth-order valence-electron chi connectivity index (χ4n) is 4.69. The molecule has 1 spiro atoms. The second kappa shape index (κ2) is 6.91. The molecule has 1 saturated heterocycles. The Bertz CT molecular complexity index is 1280. The van der Waals surface area contributed by atoms with Crippen LogP contribution in [0.3, 0.4) is 0 Å². The highest BCUT2D eigenvalue weighted by Gasteiger charge is 2.43. The SMILES string of the molecule is O=C1CC2(CCN(c3ncnc4c3cnn4-c3ccccc3)CC2)Oc2ccccc21. The molecule has 0 amide bonds. The summed E-state index contributed by atoms with van der Waals surface area (Å²) in [6.07, 6.45) is 5.40. The van der Waals surface area contributed by atoms with Crippen LogP contribution in [0.1, 0.15) is 29.6 Å². The van der Waals surface area contributed by atoms with Crippen LogP contribution in [0.15, 0.2) is 67.1 Å². The summed E-state index contributed by atoms with van der Waals surface area (Å²) in [5, 5.41) is 5.48. The van der Waals surface area contributed by atoms with Gasteiger partial charge in [0.2, 0.25) is 0 Å². The number of nitrogens with zero attached hydrogens (tertiary/aromatic N) is 5. The van der Waals surface area contributed by atoms with Crippen molar-refractivity contribution in [3.63, 3.8) is 0 Å². The van der Waals surface area contributed by atoms with E-state index in [1.165, 1.54) is 0 Å². The van der Waals surface area contributed by atoms with Gasteiger partial charge in [0.1, 0.15) is 23.5 Å². The fourth-order valence-corrected chi connectivity index (χ4v) is 4.69. The minimum Gasteiger partial charge on any atom is -0.486 e. The first kappa shape index (κ1) is 18.1. The van der Waals surface area contributed by atoms with Gasteiger partial charge in [0.15, 0.2) is 11.4 Å². The van der Waals surface area contributed by atoms with Crippen molar-refractivity contribution < 1.29 is 9.53 Å². The lowest BCUT2D eigenvalue weighted by Crippen LogP contribution is -2.51. The quantitative estimate of drug-likeness (QED) is 0.499. The number of carbonyl (C=O) groups excluding carboxylic acids is 1. The topological polar surface area (TPSA) is 73.1 Å². The predicted molar refractivity (Wildman–Crippen MR) is 117 cm³/mol. The largest absolute Gasteiger partial charge is 0.486 e. The molecule has 0 aliphatic carbocycles. The molecule has 2 aromatic carbocycles. The summed E-state index contributed by atoms with van der Waals surface area (Å²) < 4.78 is 8.21. The molecule has 2 aliphatic rings. The Morgan fingerprint density at radius 2 is 1.71 bits per heavy atom. The second-order valence-corrected chi connectivity index (χ2v) is 8.19. The maximum atomic E-state index is 12.7. The first-order valence-electron chi connectivity index (χ1n) is 10.5. The number of ether oxygens (including phenoxy) is 1. The van der Waals surface area contributed by atoms with E-state index in [0.29, 0.717) is 17.7 Å². The van der Waals surface area contributed by atoms with Crippen LogP contribution >= 0.6 is 0 Å². The van der Waals surface area contributed by atoms with Crippen molar-refractivity contribution in [3.05, 3.63) is 72.7 Å². The monoisotopic (exact) mass is 411 g/mol. The molecule has 7 nitrogen and oxygen atoms in total. The number of ketones is 1. The van der Waals surface area contributed by atoms with E-state index in [9.17, 15) is 4.79 Å². The molecular weight excluding hydrogens is 390 g/mol. The summed E-state index contributed by atoms with van der Waals surface area (Å²) in [6, 6.07) is 17.5. The van der Waals surface area contributed by atoms with Gasteiger partial charge in [-0.25, -0.2) is 14.6 Å². The lowest BCUT2D eigenvalue weighted by atomic mass is 9.82. The Hall–Kier alpha value is -3.74. The van der Waals surface area contributed by atoms with Crippen molar-refractivity contribution in [3.8, 4) is 11.4 Å². The van der Waals surface area contributed by atoms with E-state index in [1.54, 1.807) is 6.33 Å². The maximum Gasteiger partial charge on any atom is 0.170 e. The highest BCUT2D eigenvalue weighted by atomic mass is 16.5. The number of rotatable bonds is 2. The van der Waals surface area contributed by atoms with Crippen molar-refractivity contribution in [1.29, 1.82) is 0 Å². The van der Waals surface area contributed by atoms with Crippen molar-refractivity contribution in [2.45, 2.75) is 24.9 Å². The van der Waals surface area contributed by atoms with Crippen LogP contribution in [0.5, 0.6) is 5.75 Å². The van der Waals surface area contributed by atoms with Crippen molar-refractivity contribution >= 4 is 22.6 Å². The molecule has 0 radical (unpaired) electrons. The second-order valence-electron chi connectivity index (χ2n) is 8.19. The summed E-state index contributed by atoms with van der Waals surface area (Å²) in [5.41, 5.74) is 2.02. The molecule has 0 bridgehead atoms. The van der Waals surface area contributed by atoms with Gasteiger partial charge in [0, 0.05) is 25.9 Å². The third-order valence-corrected chi connectivity index (χ3v) is 6.32. The number of piperidine rings is 1. The van der Waals surface area contributed by atoms with Gasteiger partial charge < -0.3 is 9.64 Å². The Morgan fingerprint density at radius 1 is 0.935 bits per heavy atom. The van der Waals surface area contributed by atoms with Crippen LogP contribution in [0.25, 0.3) is 16.7 Å². The van der Waals surface area contributed by atoms with E-state index < -0.39 is 5.60 Å². The Morgan fingerprint density at radius 3 is 2.55 bits per heavy atom. The number of Topliss-reactive ketones (excluding diaryl/α,β-unsaturated/α-hetero) is 1. The molecule has 2 aliphatic heterocycles. The molecule has 31 heavy (non-hydrogen) atoms. The van der Waals surface area contributed by atoms with Crippen LogP contribution in [0.2, 0.25) is 0 Å². The van der Waals surface area contributed by atoms with Gasteiger partial charge >= 0.3 is 0 Å². The van der Waals surface area contributed by atoms with Gasteiger partial charge in [-0.2, -0.15) is 5.10 Å². The Balaban J connectivity index is 1.28. The van der Waals surface area contributed by atoms with E-state index in [2.05, 4.69) is 20.0 Å². The predicted octanol–water partition coefficient (Wildman–Crippen LogP) is 3.82. The smallest absolute Gasteiger partial charge is 0.170 e. The minimum atomic E-state index is -0.428. The van der Waals surface area contributed by atoms with Crippen LogP contribution < -0.4 is 9.64 Å². The van der Waals surface area contributed by atoms with Crippen LogP contribution in [0, 0.1) is 0 Å². The lowest BCUT2D eigenvalue weighted by Gasteiger charge is -2.44. The molecule has 2 aromatic heterocycles. The molecule has 7 heteroatoms. The molecular formula is C24H21N5O2. The van der Waals surface area contributed by atoms with Gasteiger partial charge in [-0.15, -0.1) is 0 Å². The third kappa shape index (κ3) is 2.96. The number of fused-ring (bicyclic) bond motifs is 2. The molecule has 0 N–H and O–H groups in total. The van der Waals surface area contributed by atoms with Gasteiger partial charge in [-0.3, -0.25) is 4.79 Å². The van der Waals surface area contributed by atoms with E-state index in [4.69, 9.17) is 4.74 Å². The van der Waals surface area contributed by atoms with E-state index in [0.717, 1.165) is 48.5 Å². The summed E-state index contributed by atoms with van der Waals surface area (Å²) in [6.45, 7) is 1.52. The number of carbonyl (C=O) groups is 1. The van der Waals surface area contributed by atoms with Crippen LogP contribution in [-0.2, 0) is 0 Å². The zero-order chi connectivity index (χ0) is 20.8. The minimum absolute atomic E-state index is 0.170. The molecule has 6 rings (SSSR count). The Kier molecular flexibility index (Phi) is 4.02. The van der Waals surface area contributed by atoms with E-state index in [1.807, 2.05) is 65.5 Å². The number of anilines is 1. The van der Waals surface area contributed by atoms with Crippen molar-refractivity contribution in [1.82, 2.24) is 19.7 Å². The average Bonchev–Trinajstić information content (AvgIpc) is 3.25. The number of aromatic nitrogens is 4. The average molecular weight is 411 g/mol. The molecule has 4 heterocycles. The maximum absolute atomic E-state index is 12.7. The van der Waals surface area contributed by atoms with Crippen molar-refractivity contribution in [2.24, 2.45) is 0 Å². The van der Waals surface area contributed by atoms with Crippen LogP contribution in [0.4, 0.5) is 5.82 Å². The summed E-state index contributed by atoms with van der Waals surface area (Å²) in [7, 11) is 0. The first-order chi connectivity index (χ1) is 15.2. The zero-order valence-corrected chi connectivity index (χ0v) is 16.9. The van der Waals surface area contributed by atoms with Crippen molar-refractivity contribution in [2.75, 3.05) is 18.0 Å². The zero-order valence-electron chi connectivity index (χ0n) is 16.9. The molecule has 1 fully saturated rings. The highest BCUT2D eigenvalue weighted by molar-refractivity contribution is 6.00. The summed E-state index contributed by atoms with van der Waals surface area (Å²) in [5.74, 6) is 1.76. The summed E-state index contributed by atoms with van der Waals surface area (Å²) >= 11 is 0. The number of para-hydroxylation sites is 2. The standard InChI is InChI=1S/C24H21N5O2/c30-20-14-24(31-21-9-5-4-8-18(20)21)10-12-28(13-11-24)22-19-15-27-29(23(19)26-16-25-22)17-6-2-1-3-7-17/h1-9,15-16H,10-14H2. The molecule has 0 saturated carbocycles.